The van der Waals surface area contributed by atoms with E-state index >= 15 is 0 Å². The van der Waals surface area contributed by atoms with Crippen LogP contribution >= 0.6 is 0 Å². The van der Waals surface area contributed by atoms with E-state index in [0.29, 0.717) is 23.3 Å². The molecule has 0 aromatic heterocycles. The number of anilines is 1. The third-order valence-electron chi connectivity index (χ3n) is 13.9. The van der Waals surface area contributed by atoms with E-state index in [0.717, 1.165) is 22.4 Å². The van der Waals surface area contributed by atoms with Crippen LogP contribution in [0.5, 0.6) is 0 Å². The molecule has 0 heterocycles. The lowest BCUT2D eigenvalue weighted by molar-refractivity contribution is -0.384. The van der Waals surface area contributed by atoms with Gasteiger partial charge in [0.25, 0.3) is 5.69 Å². The van der Waals surface area contributed by atoms with Crippen LogP contribution in [0.3, 0.4) is 0 Å². The van der Waals surface area contributed by atoms with Crippen molar-refractivity contribution in [3.05, 3.63) is 92.1 Å². The van der Waals surface area contributed by atoms with Gasteiger partial charge in [0.05, 0.1) is 31.4 Å². The third-order valence-corrected chi connectivity index (χ3v) is 31.8. The summed E-state index contributed by atoms with van der Waals surface area (Å²) in [5.74, 6) is 26.8. The molecular formula is C54H82N2O6Si4. The van der Waals surface area contributed by atoms with Crippen LogP contribution in [0, 0.1) is 57.5 Å². The van der Waals surface area contributed by atoms with Crippen LogP contribution in [0.25, 0.3) is 0 Å². The number of nitro groups is 1. The molecule has 0 unspecified atom stereocenters. The molecule has 12 heteroatoms. The molecule has 8 nitrogen and oxygen atoms in total. The topological polar surface area (TPSA) is 83.3 Å². The summed E-state index contributed by atoms with van der Waals surface area (Å²) in [6.07, 6.45) is 0. The van der Waals surface area contributed by atoms with Gasteiger partial charge in [-0.25, -0.2) is 0 Å². The van der Waals surface area contributed by atoms with Gasteiger partial charge in [-0.05, 0) is 121 Å². The molecule has 2 aromatic carbocycles. The summed E-state index contributed by atoms with van der Waals surface area (Å²) in [6.45, 7) is 45.5. The maximum atomic E-state index is 11.4. The average Bonchev–Trinajstić information content (AvgIpc) is 3.17. The Labute approximate surface area is 405 Å². The maximum absolute atomic E-state index is 11.4. The van der Waals surface area contributed by atoms with E-state index in [4.69, 9.17) is 17.7 Å². The van der Waals surface area contributed by atoms with Gasteiger partial charge < -0.3 is 22.6 Å². The fraction of sp³-hybridized carbons (Fsp3) is 0.556. The van der Waals surface area contributed by atoms with E-state index in [9.17, 15) is 10.1 Å². The van der Waals surface area contributed by atoms with Crippen LogP contribution in [0.2, 0.25) is 72.5 Å². The summed E-state index contributed by atoms with van der Waals surface area (Å²) < 4.78 is 27.3. The van der Waals surface area contributed by atoms with E-state index < -0.39 is 38.2 Å². The summed E-state index contributed by atoms with van der Waals surface area (Å²) in [5.41, 5.74) is 5.54. The Morgan fingerprint density at radius 2 is 0.742 bits per heavy atom. The molecular weight excluding hydrogens is 885 g/mol. The van der Waals surface area contributed by atoms with Gasteiger partial charge in [-0.2, -0.15) is 0 Å². The molecule has 0 saturated carbocycles. The van der Waals surface area contributed by atoms with E-state index in [-0.39, 0.29) is 45.7 Å². The highest BCUT2D eigenvalue weighted by atomic mass is 28.4. The van der Waals surface area contributed by atoms with Gasteiger partial charge in [0, 0.05) is 65.3 Å². The Balaban J connectivity index is 3.05. The molecule has 360 valence electrons. The predicted octanol–water partition coefficient (Wildman–Crippen LogP) is 13.8. The van der Waals surface area contributed by atoms with Crippen molar-refractivity contribution in [3.8, 4) is 47.4 Å². The minimum absolute atomic E-state index is 0.00737. The van der Waals surface area contributed by atoms with Gasteiger partial charge in [0.2, 0.25) is 0 Å². The van der Waals surface area contributed by atoms with Crippen molar-refractivity contribution in [1.82, 2.24) is 0 Å². The Hall–Kier alpha value is -3.93. The lowest BCUT2D eigenvalue weighted by Gasteiger charge is -2.37. The van der Waals surface area contributed by atoms with Crippen molar-refractivity contribution in [3.63, 3.8) is 0 Å². The van der Waals surface area contributed by atoms with E-state index in [1.165, 1.54) is 12.1 Å². The average molecular weight is 968 g/mol. The van der Waals surface area contributed by atoms with Crippen molar-refractivity contribution in [2.45, 2.75) is 156 Å². The fourth-order valence-corrected chi connectivity index (χ4v) is 8.44. The van der Waals surface area contributed by atoms with E-state index in [1.54, 1.807) is 12.1 Å². The lowest BCUT2D eigenvalue weighted by Crippen LogP contribution is -2.42. The highest BCUT2D eigenvalue weighted by Crippen LogP contribution is 2.40. The van der Waals surface area contributed by atoms with Crippen molar-refractivity contribution in [2.24, 2.45) is 0 Å². The summed E-state index contributed by atoms with van der Waals surface area (Å²) in [4.78, 5) is 13.1. The molecule has 0 N–H and O–H groups in total. The molecule has 0 fully saturated rings. The first-order valence-electron chi connectivity index (χ1n) is 23.0. The number of hydrogen-bond donors (Lipinski definition) is 0. The molecule has 0 bridgehead atoms. The standard InChI is InChI=1S/C54H82N2O6Si4/c1-51(2,3)63(15,16)59-39-45(47(41-61-65(19,20)53(7,8)9)33-27-43-29-35-49(36-30-43)55(13)14)25-23-24-26-46(40-60-64(17,18)52(4,5)6)48(42-62-66(21,22)54(10,11)12)34-28-44-31-37-50(38-32-44)56(57)58/h29-32,35-38H,39-42H2,1-22H3/b47-45+,48-46+. The van der Waals surface area contributed by atoms with Crippen LogP contribution in [0.15, 0.2) is 70.8 Å². The molecule has 2 rings (SSSR count). The van der Waals surface area contributed by atoms with Gasteiger partial charge in [0.15, 0.2) is 33.3 Å². The maximum Gasteiger partial charge on any atom is 0.269 e. The van der Waals surface area contributed by atoms with Gasteiger partial charge in [-0.1, -0.05) is 119 Å². The van der Waals surface area contributed by atoms with Crippen molar-refractivity contribution < 1.29 is 22.6 Å². The first-order valence-corrected chi connectivity index (χ1v) is 34.6. The molecule has 0 radical (unpaired) electrons. The first kappa shape index (κ1) is 58.2. The van der Waals surface area contributed by atoms with Gasteiger partial charge >= 0.3 is 0 Å². The highest BCUT2D eigenvalue weighted by Gasteiger charge is 2.40. The fourth-order valence-electron chi connectivity index (χ4n) is 4.69. The zero-order valence-electron chi connectivity index (χ0n) is 44.8. The zero-order valence-corrected chi connectivity index (χ0v) is 48.8. The number of nitrogens with zero attached hydrogens (tertiary/aromatic N) is 2. The lowest BCUT2D eigenvalue weighted by atomic mass is 10.1. The normalized spacial score (nSPS) is 13.6. The highest BCUT2D eigenvalue weighted by molar-refractivity contribution is 6.75. The van der Waals surface area contributed by atoms with Gasteiger partial charge in [-0.15, -0.1) is 0 Å². The molecule has 0 saturated heterocycles. The number of benzene rings is 2. The van der Waals surface area contributed by atoms with Crippen molar-refractivity contribution in [2.75, 3.05) is 45.4 Å². The minimum Gasteiger partial charge on any atom is -0.412 e. The summed E-state index contributed by atoms with van der Waals surface area (Å²) in [7, 11) is -4.85. The second-order valence-corrected chi connectivity index (χ2v) is 42.6. The van der Waals surface area contributed by atoms with Crippen LogP contribution in [-0.4, -0.2) is 78.7 Å². The summed E-state index contributed by atoms with van der Waals surface area (Å²) in [6, 6.07) is 14.5. The first-order chi connectivity index (χ1) is 29.9. The molecule has 0 atom stereocenters. The Kier molecular flexibility index (Phi) is 20.2. The molecule has 0 aliphatic heterocycles. The van der Waals surface area contributed by atoms with Crippen LogP contribution in [0.1, 0.15) is 94.2 Å². The van der Waals surface area contributed by atoms with Gasteiger partial charge in [0.1, 0.15) is 0 Å². The largest absolute Gasteiger partial charge is 0.412 e. The SMILES string of the molecule is CN(C)c1ccc(C#C/C(CO[Si](C)(C)C(C)(C)C)=C(/C#CC#C/C(CO[Si](C)(C)C(C)(C)C)=C(/C#Cc2ccc([N+](=O)[O-])cc2)CO[Si](C)(C)C(C)(C)C)CO[Si](C)(C)C(C)(C)C)cc1. The van der Waals surface area contributed by atoms with Gasteiger partial charge in [-0.3, -0.25) is 10.1 Å². The third kappa shape index (κ3) is 17.6. The number of rotatable bonds is 14. The number of nitro benzene ring substituents is 1. The second-order valence-electron chi connectivity index (χ2n) is 23.4. The number of non-ortho nitro benzene ring substituents is 1. The number of hydrogen-bond acceptors (Lipinski definition) is 7. The minimum atomic E-state index is -2.25. The monoisotopic (exact) mass is 967 g/mol. The van der Waals surface area contributed by atoms with Crippen molar-refractivity contribution in [1.29, 1.82) is 0 Å². The zero-order chi connectivity index (χ0) is 50.7. The smallest absolute Gasteiger partial charge is 0.269 e. The van der Waals surface area contributed by atoms with E-state index in [1.807, 2.05) is 26.2 Å². The Bertz CT molecular complexity index is 2320. The molecule has 0 aliphatic carbocycles. The van der Waals surface area contributed by atoms with Crippen LogP contribution in [0.4, 0.5) is 11.4 Å². The molecule has 2 aromatic rings. The quantitative estimate of drug-likeness (QED) is 0.0807. The van der Waals surface area contributed by atoms with Crippen molar-refractivity contribution >= 4 is 44.6 Å². The Morgan fingerprint density at radius 3 is 0.985 bits per heavy atom. The molecule has 66 heavy (non-hydrogen) atoms. The molecule has 0 amide bonds. The predicted molar refractivity (Wildman–Crippen MR) is 290 cm³/mol. The van der Waals surface area contributed by atoms with Crippen LogP contribution in [-0.2, 0) is 17.7 Å². The summed E-state index contributed by atoms with van der Waals surface area (Å²) in [5, 5.41) is 11.3. The second kappa shape index (κ2) is 22.9. The Morgan fingerprint density at radius 1 is 0.485 bits per heavy atom. The summed E-state index contributed by atoms with van der Waals surface area (Å²) >= 11 is 0. The molecule has 0 aliphatic rings. The van der Waals surface area contributed by atoms with E-state index in [2.05, 4.69) is 200 Å². The van der Waals surface area contributed by atoms with Crippen LogP contribution < -0.4 is 4.90 Å². The molecule has 0 spiro atoms.